The summed E-state index contributed by atoms with van der Waals surface area (Å²) in [6.45, 7) is 1.49. The van der Waals surface area contributed by atoms with Crippen molar-refractivity contribution in [2.24, 2.45) is 0 Å². The van der Waals surface area contributed by atoms with E-state index in [0.29, 0.717) is 17.5 Å². The highest BCUT2D eigenvalue weighted by Crippen LogP contribution is 2.26. The first-order valence-electron chi connectivity index (χ1n) is 4.78. The lowest BCUT2D eigenvalue weighted by atomic mass is 10.3. The van der Waals surface area contributed by atoms with Crippen molar-refractivity contribution in [1.82, 2.24) is 14.1 Å². The van der Waals surface area contributed by atoms with E-state index in [1.165, 1.54) is 7.11 Å². The predicted octanol–water partition coefficient (Wildman–Crippen LogP) is 1.13. The molecule has 6 nitrogen and oxygen atoms in total. The molecule has 2 rings (SSSR count). The summed E-state index contributed by atoms with van der Waals surface area (Å²) in [6.07, 6.45) is 0.442. The summed E-state index contributed by atoms with van der Waals surface area (Å²) in [5.41, 5.74) is 0. The van der Waals surface area contributed by atoms with Gasteiger partial charge in [-0.15, -0.1) is 0 Å². The van der Waals surface area contributed by atoms with Crippen molar-refractivity contribution in [3.8, 4) is 0 Å². The molecule has 1 aromatic heterocycles. The standard InChI is InChI=1S/C8H11ClN4O2S/c1-15-8(14)10-5-2-3-13(4-5)7-6(9)11-16-12-7/h5H,2-4H2,1H3,(H,10,14). The van der Waals surface area contributed by atoms with Crippen LogP contribution in [0.5, 0.6) is 0 Å². The summed E-state index contributed by atoms with van der Waals surface area (Å²) in [5, 5.41) is 3.17. The number of aromatic nitrogens is 2. The van der Waals surface area contributed by atoms with Crippen molar-refractivity contribution in [3.05, 3.63) is 5.15 Å². The third-order valence-corrected chi connectivity index (χ3v) is 3.30. The van der Waals surface area contributed by atoms with Crippen LogP contribution in [0.3, 0.4) is 0 Å². The first kappa shape index (κ1) is 11.4. The van der Waals surface area contributed by atoms with Crippen LogP contribution in [-0.4, -0.2) is 41.1 Å². The third-order valence-electron chi connectivity index (χ3n) is 2.43. The Morgan fingerprint density at radius 3 is 3.12 bits per heavy atom. The van der Waals surface area contributed by atoms with E-state index in [9.17, 15) is 4.79 Å². The number of alkyl carbamates (subject to hydrolysis) is 1. The molecule has 8 heteroatoms. The lowest BCUT2D eigenvalue weighted by Gasteiger charge is -2.15. The summed E-state index contributed by atoms with van der Waals surface area (Å²) < 4.78 is 12.6. The largest absolute Gasteiger partial charge is 0.453 e. The Bertz CT molecular complexity index is 386. The molecule has 0 bridgehead atoms. The molecule has 0 saturated carbocycles. The number of carbonyl (C=O) groups excluding carboxylic acids is 1. The van der Waals surface area contributed by atoms with Gasteiger partial charge < -0.3 is 15.0 Å². The van der Waals surface area contributed by atoms with Gasteiger partial charge in [-0.05, 0) is 6.42 Å². The van der Waals surface area contributed by atoms with Crippen molar-refractivity contribution in [2.45, 2.75) is 12.5 Å². The van der Waals surface area contributed by atoms with Gasteiger partial charge in [0.25, 0.3) is 0 Å². The van der Waals surface area contributed by atoms with Crippen molar-refractivity contribution in [2.75, 3.05) is 25.1 Å². The van der Waals surface area contributed by atoms with Crippen LogP contribution in [0.2, 0.25) is 5.15 Å². The van der Waals surface area contributed by atoms with Gasteiger partial charge in [0.1, 0.15) is 0 Å². The first-order chi connectivity index (χ1) is 7.70. The van der Waals surface area contributed by atoms with Crippen molar-refractivity contribution in [3.63, 3.8) is 0 Å². The van der Waals surface area contributed by atoms with Gasteiger partial charge in [0.15, 0.2) is 11.0 Å². The molecule has 16 heavy (non-hydrogen) atoms. The first-order valence-corrected chi connectivity index (χ1v) is 5.89. The molecule has 88 valence electrons. The van der Waals surface area contributed by atoms with E-state index >= 15 is 0 Å². The third kappa shape index (κ3) is 2.35. The second kappa shape index (κ2) is 4.84. The normalized spacial score (nSPS) is 19.9. The summed E-state index contributed by atoms with van der Waals surface area (Å²) in [7, 11) is 1.35. The van der Waals surface area contributed by atoms with Gasteiger partial charge in [-0.1, -0.05) is 11.6 Å². The molecule has 2 heterocycles. The topological polar surface area (TPSA) is 67.3 Å². The van der Waals surface area contributed by atoms with Crippen LogP contribution in [-0.2, 0) is 4.74 Å². The zero-order valence-corrected chi connectivity index (χ0v) is 10.2. The number of ether oxygens (including phenoxy) is 1. The van der Waals surface area contributed by atoms with Gasteiger partial charge in [0, 0.05) is 13.1 Å². The molecule has 1 aliphatic heterocycles. The number of amides is 1. The Kier molecular flexibility index (Phi) is 3.45. The number of nitrogens with zero attached hydrogens (tertiary/aromatic N) is 3. The average Bonchev–Trinajstić information content (AvgIpc) is 2.86. The van der Waals surface area contributed by atoms with Crippen LogP contribution in [0.1, 0.15) is 6.42 Å². The molecular weight excluding hydrogens is 252 g/mol. The number of carbonyl (C=O) groups is 1. The number of rotatable bonds is 2. The Morgan fingerprint density at radius 2 is 2.50 bits per heavy atom. The van der Waals surface area contributed by atoms with Crippen LogP contribution >= 0.6 is 23.3 Å². The highest BCUT2D eigenvalue weighted by atomic mass is 35.5. The Hall–Kier alpha value is -1.08. The molecule has 1 N–H and O–H groups in total. The highest BCUT2D eigenvalue weighted by Gasteiger charge is 2.27. The zero-order valence-electron chi connectivity index (χ0n) is 8.64. The minimum Gasteiger partial charge on any atom is -0.453 e. The van der Waals surface area contributed by atoms with Crippen LogP contribution in [0.25, 0.3) is 0 Å². The van der Waals surface area contributed by atoms with Gasteiger partial charge in [0.05, 0.1) is 24.9 Å². The van der Waals surface area contributed by atoms with E-state index in [0.717, 1.165) is 24.7 Å². The lowest BCUT2D eigenvalue weighted by Crippen LogP contribution is -2.37. The van der Waals surface area contributed by atoms with E-state index in [2.05, 4.69) is 18.8 Å². The summed E-state index contributed by atoms with van der Waals surface area (Å²) in [4.78, 5) is 13.0. The van der Waals surface area contributed by atoms with Crippen LogP contribution in [0.4, 0.5) is 10.6 Å². The maximum Gasteiger partial charge on any atom is 0.407 e. The molecule has 1 fully saturated rings. The molecule has 0 aromatic carbocycles. The van der Waals surface area contributed by atoms with Crippen LogP contribution in [0, 0.1) is 0 Å². The Balaban J connectivity index is 1.93. The van der Waals surface area contributed by atoms with Gasteiger partial charge >= 0.3 is 6.09 Å². The fourth-order valence-corrected chi connectivity index (χ4v) is 2.44. The number of halogens is 1. The maximum atomic E-state index is 11.0. The number of methoxy groups -OCH3 is 1. The summed E-state index contributed by atoms with van der Waals surface area (Å²) >= 11 is 6.97. The minimum atomic E-state index is -0.408. The van der Waals surface area contributed by atoms with Crippen LogP contribution in [0.15, 0.2) is 0 Å². The second-order valence-electron chi connectivity index (χ2n) is 3.45. The summed E-state index contributed by atoms with van der Waals surface area (Å²) in [5.74, 6) is 0.695. The monoisotopic (exact) mass is 262 g/mol. The Morgan fingerprint density at radius 1 is 1.69 bits per heavy atom. The number of hydrogen-bond donors (Lipinski definition) is 1. The zero-order chi connectivity index (χ0) is 11.5. The van der Waals surface area contributed by atoms with Crippen molar-refractivity contribution < 1.29 is 9.53 Å². The fraction of sp³-hybridized carbons (Fsp3) is 0.625. The molecule has 0 aliphatic carbocycles. The highest BCUT2D eigenvalue weighted by molar-refractivity contribution is 6.99. The number of hydrogen-bond acceptors (Lipinski definition) is 6. The number of nitrogens with one attached hydrogen (secondary N) is 1. The van der Waals surface area contributed by atoms with Gasteiger partial charge in [-0.3, -0.25) is 0 Å². The average molecular weight is 263 g/mol. The molecule has 1 aromatic rings. The fourth-order valence-electron chi connectivity index (χ4n) is 1.66. The maximum absolute atomic E-state index is 11.0. The molecule has 1 atom stereocenters. The summed E-state index contributed by atoms with van der Waals surface area (Å²) in [6, 6.07) is 0.0743. The minimum absolute atomic E-state index is 0.0743. The van der Waals surface area contributed by atoms with E-state index in [4.69, 9.17) is 11.6 Å². The molecule has 1 amide bonds. The van der Waals surface area contributed by atoms with E-state index in [-0.39, 0.29) is 6.04 Å². The van der Waals surface area contributed by atoms with Crippen molar-refractivity contribution >= 4 is 35.2 Å². The van der Waals surface area contributed by atoms with Gasteiger partial charge in [-0.2, -0.15) is 8.75 Å². The SMILES string of the molecule is COC(=O)NC1CCN(c2nsnc2Cl)C1. The quantitative estimate of drug-likeness (QED) is 0.865. The van der Waals surface area contributed by atoms with E-state index < -0.39 is 6.09 Å². The molecule has 1 saturated heterocycles. The Labute approximate surface area is 102 Å². The van der Waals surface area contributed by atoms with Gasteiger partial charge in [-0.25, -0.2) is 4.79 Å². The lowest BCUT2D eigenvalue weighted by molar-refractivity contribution is 0.167. The molecule has 1 aliphatic rings. The van der Waals surface area contributed by atoms with E-state index in [1.807, 2.05) is 4.90 Å². The van der Waals surface area contributed by atoms with Crippen LogP contribution < -0.4 is 10.2 Å². The molecule has 0 radical (unpaired) electrons. The molecular formula is C8H11ClN4O2S. The van der Waals surface area contributed by atoms with E-state index in [1.54, 1.807) is 0 Å². The smallest absolute Gasteiger partial charge is 0.407 e. The number of anilines is 1. The predicted molar refractivity (Wildman–Crippen MR) is 61.1 cm³/mol. The second-order valence-corrected chi connectivity index (χ2v) is 4.33. The molecule has 0 spiro atoms. The molecule has 1 unspecified atom stereocenters. The van der Waals surface area contributed by atoms with Crippen molar-refractivity contribution in [1.29, 1.82) is 0 Å². The van der Waals surface area contributed by atoms with Gasteiger partial charge in [0.2, 0.25) is 0 Å².